The van der Waals surface area contributed by atoms with Crippen LogP contribution < -0.4 is 0 Å². The van der Waals surface area contributed by atoms with Crippen LogP contribution in [0, 0.1) is 2.88 Å². The van der Waals surface area contributed by atoms with E-state index >= 15 is 0 Å². The zero-order valence-corrected chi connectivity index (χ0v) is 13.3. The van der Waals surface area contributed by atoms with Gasteiger partial charge >= 0.3 is 0 Å². The van der Waals surface area contributed by atoms with Gasteiger partial charge in [0.25, 0.3) is 5.91 Å². The van der Waals surface area contributed by atoms with Gasteiger partial charge in [0, 0.05) is 30.6 Å². The average molecular weight is 364 g/mol. The first-order valence-corrected chi connectivity index (χ1v) is 7.60. The third-order valence-corrected chi connectivity index (χ3v) is 5.21. The molecule has 1 amide bonds. The van der Waals surface area contributed by atoms with Crippen LogP contribution in [-0.4, -0.2) is 47.9 Å². The Morgan fingerprint density at radius 2 is 2.18 bits per heavy atom. The summed E-state index contributed by atoms with van der Waals surface area (Å²) in [5, 5.41) is 1.95. The fraction of sp³-hybridized carbons (Fsp3) is 0.583. The largest absolute Gasteiger partial charge is 0.336 e. The molecular formula is C12H17IN2OS. The van der Waals surface area contributed by atoms with E-state index < -0.39 is 0 Å². The maximum atomic E-state index is 12.3. The van der Waals surface area contributed by atoms with Gasteiger partial charge in [-0.15, -0.1) is 11.3 Å². The fourth-order valence-electron chi connectivity index (χ4n) is 2.02. The van der Waals surface area contributed by atoms with Crippen LogP contribution in [0.4, 0.5) is 0 Å². The van der Waals surface area contributed by atoms with E-state index in [4.69, 9.17) is 0 Å². The number of halogens is 1. The summed E-state index contributed by atoms with van der Waals surface area (Å²) in [5.74, 6) is 0.172. The molecule has 1 fully saturated rings. The molecule has 2 heterocycles. The minimum atomic E-state index is 0.0666. The molecule has 94 valence electrons. The smallest absolute Gasteiger partial charge is 0.254 e. The highest BCUT2D eigenvalue weighted by Crippen LogP contribution is 2.23. The topological polar surface area (TPSA) is 23.6 Å². The van der Waals surface area contributed by atoms with Gasteiger partial charge < -0.3 is 4.90 Å². The Morgan fingerprint density at radius 1 is 1.47 bits per heavy atom. The highest BCUT2D eigenvalue weighted by molar-refractivity contribution is 14.1. The summed E-state index contributed by atoms with van der Waals surface area (Å²) in [7, 11) is 2.12. The molecule has 0 atom stereocenters. The molecule has 0 spiro atoms. The number of piperazine rings is 1. The first-order valence-electron chi connectivity index (χ1n) is 5.65. The molecule has 0 aromatic carbocycles. The number of carbonyl (C=O) groups excluding carboxylic acids is 1. The van der Waals surface area contributed by atoms with Crippen molar-refractivity contribution in [1.29, 1.82) is 0 Å². The summed E-state index contributed by atoms with van der Waals surface area (Å²) < 4.78 is 1.17. The van der Waals surface area contributed by atoms with Gasteiger partial charge in [-0.05, 0) is 49.6 Å². The lowest BCUT2D eigenvalue weighted by Crippen LogP contribution is -2.58. The summed E-state index contributed by atoms with van der Waals surface area (Å²) >= 11 is 3.88. The molecule has 0 aliphatic carbocycles. The van der Waals surface area contributed by atoms with E-state index in [9.17, 15) is 4.79 Å². The minimum absolute atomic E-state index is 0.0666. The molecule has 1 aromatic rings. The number of carbonyl (C=O) groups is 1. The molecule has 2 rings (SSSR count). The Bertz CT molecular complexity index is 430. The summed E-state index contributed by atoms with van der Waals surface area (Å²) in [6, 6.07) is 1.97. The normalized spacial score (nSPS) is 20.6. The number of hydrogen-bond donors (Lipinski definition) is 0. The lowest BCUT2D eigenvalue weighted by Gasteiger charge is -2.45. The SMILES string of the molecule is CN1CCN(C(=O)c2csc(I)c2)CC1(C)C. The average Bonchev–Trinajstić information content (AvgIpc) is 2.68. The predicted octanol–water partition coefficient (Wildman–Crippen LogP) is 2.52. The molecular weight excluding hydrogens is 347 g/mol. The first kappa shape index (κ1) is 13.3. The molecule has 1 aromatic heterocycles. The molecule has 1 aliphatic heterocycles. The second-order valence-electron chi connectivity index (χ2n) is 5.10. The van der Waals surface area contributed by atoms with Crippen molar-refractivity contribution < 1.29 is 4.79 Å². The lowest BCUT2D eigenvalue weighted by molar-refractivity contribution is 0.0312. The van der Waals surface area contributed by atoms with Crippen molar-refractivity contribution in [2.75, 3.05) is 26.7 Å². The quantitative estimate of drug-likeness (QED) is 0.715. The third kappa shape index (κ3) is 2.82. The van der Waals surface area contributed by atoms with Gasteiger partial charge in [0.2, 0.25) is 0 Å². The van der Waals surface area contributed by atoms with E-state index in [1.165, 1.54) is 2.88 Å². The van der Waals surface area contributed by atoms with Gasteiger partial charge in [0.05, 0.1) is 8.45 Å². The maximum Gasteiger partial charge on any atom is 0.254 e. The summed E-state index contributed by atoms with van der Waals surface area (Å²) in [5.41, 5.74) is 0.900. The number of nitrogens with zero attached hydrogens (tertiary/aromatic N) is 2. The molecule has 5 heteroatoms. The van der Waals surface area contributed by atoms with Crippen molar-refractivity contribution in [2.24, 2.45) is 0 Å². The highest BCUT2D eigenvalue weighted by atomic mass is 127. The van der Waals surface area contributed by atoms with Crippen molar-refractivity contribution in [3.05, 3.63) is 19.9 Å². The Morgan fingerprint density at radius 3 is 2.71 bits per heavy atom. The number of amides is 1. The molecule has 0 radical (unpaired) electrons. The van der Waals surface area contributed by atoms with E-state index in [0.29, 0.717) is 0 Å². The molecule has 1 saturated heterocycles. The van der Waals surface area contributed by atoms with E-state index in [-0.39, 0.29) is 11.4 Å². The Balaban J connectivity index is 2.11. The van der Waals surface area contributed by atoms with Crippen LogP contribution in [0.3, 0.4) is 0 Å². The van der Waals surface area contributed by atoms with Crippen molar-refractivity contribution in [2.45, 2.75) is 19.4 Å². The van der Waals surface area contributed by atoms with Crippen LogP contribution in [0.2, 0.25) is 0 Å². The molecule has 0 bridgehead atoms. The second kappa shape index (κ2) is 4.85. The Hall–Kier alpha value is -0.140. The summed E-state index contributed by atoms with van der Waals surface area (Å²) in [4.78, 5) is 16.6. The van der Waals surface area contributed by atoms with Crippen molar-refractivity contribution in [1.82, 2.24) is 9.80 Å². The summed E-state index contributed by atoms with van der Waals surface area (Å²) in [6.45, 7) is 6.94. The summed E-state index contributed by atoms with van der Waals surface area (Å²) in [6.07, 6.45) is 0. The molecule has 1 aliphatic rings. The number of likely N-dealkylation sites (N-methyl/N-ethyl adjacent to an activating group) is 1. The van der Waals surface area contributed by atoms with Gasteiger partial charge in [0.1, 0.15) is 0 Å². The van der Waals surface area contributed by atoms with Crippen LogP contribution in [0.15, 0.2) is 11.4 Å². The van der Waals surface area contributed by atoms with Gasteiger partial charge in [0.15, 0.2) is 0 Å². The van der Waals surface area contributed by atoms with Crippen LogP contribution in [0.5, 0.6) is 0 Å². The van der Waals surface area contributed by atoms with Crippen molar-refractivity contribution in [3.63, 3.8) is 0 Å². The third-order valence-electron chi connectivity index (χ3n) is 3.42. The molecule has 0 saturated carbocycles. The van der Waals surface area contributed by atoms with Crippen LogP contribution >= 0.6 is 33.9 Å². The van der Waals surface area contributed by atoms with Gasteiger partial charge in [-0.1, -0.05) is 0 Å². The molecule has 3 nitrogen and oxygen atoms in total. The van der Waals surface area contributed by atoms with Crippen molar-refractivity contribution >= 4 is 39.8 Å². The zero-order valence-electron chi connectivity index (χ0n) is 10.4. The maximum absolute atomic E-state index is 12.3. The minimum Gasteiger partial charge on any atom is -0.336 e. The zero-order chi connectivity index (χ0) is 12.6. The highest BCUT2D eigenvalue weighted by Gasteiger charge is 2.33. The van der Waals surface area contributed by atoms with Gasteiger partial charge in [-0.25, -0.2) is 0 Å². The number of thiophene rings is 1. The predicted molar refractivity (Wildman–Crippen MR) is 79.6 cm³/mol. The van der Waals surface area contributed by atoms with Gasteiger partial charge in [-0.3, -0.25) is 9.69 Å². The van der Waals surface area contributed by atoms with Crippen LogP contribution in [0.1, 0.15) is 24.2 Å². The van der Waals surface area contributed by atoms with Crippen molar-refractivity contribution in [3.8, 4) is 0 Å². The fourth-order valence-corrected chi connectivity index (χ4v) is 3.34. The van der Waals surface area contributed by atoms with Gasteiger partial charge in [-0.2, -0.15) is 0 Å². The van der Waals surface area contributed by atoms with E-state index in [2.05, 4.69) is 48.4 Å². The second-order valence-corrected chi connectivity index (χ2v) is 7.91. The first-order chi connectivity index (χ1) is 7.90. The van der Waals surface area contributed by atoms with E-state index in [0.717, 1.165) is 25.2 Å². The molecule has 17 heavy (non-hydrogen) atoms. The molecule has 0 N–H and O–H groups in total. The lowest BCUT2D eigenvalue weighted by atomic mass is 9.99. The Labute approximate surface area is 120 Å². The monoisotopic (exact) mass is 364 g/mol. The number of hydrogen-bond acceptors (Lipinski definition) is 3. The van der Waals surface area contributed by atoms with Crippen LogP contribution in [-0.2, 0) is 0 Å². The van der Waals surface area contributed by atoms with Crippen LogP contribution in [0.25, 0.3) is 0 Å². The number of rotatable bonds is 1. The molecule has 0 unspecified atom stereocenters. The standard InChI is InChI=1S/C12H17IN2OS/c1-12(2)8-15(5-4-14(12)3)11(16)9-6-10(13)17-7-9/h6-7H,4-5,8H2,1-3H3. The Kier molecular flexibility index (Phi) is 3.80. The van der Waals surface area contributed by atoms with E-state index in [1.54, 1.807) is 11.3 Å². The van der Waals surface area contributed by atoms with E-state index in [1.807, 2.05) is 16.3 Å².